The first kappa shape index (κ1) is 26.1. The number of benzene rings is 1. The van der Waals surface area contributed by atoms with Crippen LogP contribution in [-0.2, 0) is 17.9 Å². The fourth-order valence-electron chi connectivity index (χ4n) is 6.27. The van der Waals surface area contributed by atoms with E-state index in [9.17, 15) is 14.4 Å². The topological polar surface area (TPSA) is 96.4 Å². The summed E-state index contributed by atoms with van der Waals surface area (Å²) < 4.78 is 7.63. The van der Waals surface area contributed by atoms with Crippen LogP contribution in [0.1, 0.15) is 65.8 Å². The third-order valence-corrected chi connectivity index (χ3v) is 8.40. The average molecular weight is 519 g/mol. The van der Waals surface area contributed by atoms with Crippen LogP contribution in [0.4, 0.5) is 0 Å². The standard InChI is InChI=1S/C30H38N4O4/c1-19-16-26(38-3)24(28(35)32-19)17-31-29(36)27-20(2)34(25-11-7-6-10-23(25)27)18-21-12-14-33(15-13-21)30(37)22-8-4-5-9-22/h6-7,10-11,16,21-22H,4-5,8-9,12-15,17-18H2,1-3H3,(H,31,36)(H,32,35). The molecule has 2 amide bonds. The Morgan fingerprint density at radius 2 is 1.79 bits per heavy atom. The van der Waals surface area contributed by atoms with Gasteiger partial charge in [0.25, 0.3) is 11.5 Å². The molecule has 1 saturated carbocycles. The van der Waals surface area contributed by atoms with Crippen LogP contribution in [0, 0.1) is 25.7 Å². The van der Waals surface area contributed by atoms with E-state index in [0.29, 0.717) is 34.4 Å². The van der Waals surface area contributed by atoms with Gasteiger partial charge >= 0.3 is 0 Å². The summed E-state index contributed by atoms with van der Waals surface area (Å²) in [4.78, 5) is 43.7. The first-order chi connectivity index (χ1) is 18.4. The van der Waals surface area contributed by atoms with Gasteiger partial charge in [0.1, 0.15) is 5.75 Å². The SMILES string of the molecule is COc1cc(C)[nH]c(=O)c1CNC(=O)c1c(C)n(CC2CCN(C(=O)C3CCCC3)CC2)c2ccccc12. The number of hydrogen-bond donors (Lipinski definition) is 2. The molecule has 8 nitrogen and oxygen atoms in total. The summed E-state index contributed by atoms with van der Waals surface area (Å²) in [5.74, 6) is 1.29. The summed E-state index contributed by atoms with van der Waals surface area (Å²) in [6.07, 6.45) is 6.39. The minimum Gasteiger partial charge on any atom is -0.496 e. The number of fused-ring (bicyclic) bond motifs is 1. The van der Waals surface area contributed by atoms with Crippen LogP contribution in [0.2, 0.25) is 0 Å². The molecule has 3 aromatic rings. The number of methoxy groups -OCH3 is 1. The number of piperidine rings is 1. The van der Waals surface area contributed by atoms with Gasteiger partial charge in [0.15, 0.2) is 0 Å². The van der Waals surface area contributed by atoms with Gasteiger partial charge in [0.2, 0.25) is 5.91 Å². The average Bonchev–Trinajstić information content (AvgIpc) is 3.55. The van der Waals surface area contributed by atoms with E-state index in [1.807, 2.05) is 25.1 Å². The van der Waals surface area contributed by atoms with Gasteiger partial charge in [-0.1, -0.05) is 31.0 Å². The van der Waals surface area contributed by atoms with Gasteiger partial charge in [0.05, 0.1) is 24.8 Å². The Morgan fingerprint density at radius 1 is 1.08 bits per heavy atom. The maximum atomic E-state index is 13.5. The zero-order chi connectivity index (χ0) is 26.8. The van der Waals surface area contributed by atoms with E-state index >= 15 is 0 Å². The molecule has 38 heavy (non-hydrogen) atoms. The number of ether oxygens (including phenoxy) is 1. The van der Waals surface area contributed by atoms with E-state index in [0.717, 1.165) is 61.9 Å². The number of aromatic nitrogens is 2. The highest BCUT2D eigenvalue weighted by atomic mass is 16.5. The second-order valence-corrected chi connectivity index (χ2v) is 10.8. The van der Waals surface area contributed by atoms with Crippen LogP contribution in [0.15, 0.2) is 35.1 Å². The molecule has 2 fully saturated rings. The number of likely N-dealkylation sites (tertiary alicyclic amines) is 1. The highest BCUT2D eigenvalue weighted by Crippen LogP contribution is 2.31. The molecule has 1 saturated heterocycles. The van der Waals surface area contributed by atoms with Crippen LogP contribution < -0.4 is 15.6 Å². The number of carbonyl (C=O) groups is 2. The van der Waals surface area contributed by atoms with Crippen LogP contribution in [0.25, 0.3) is 10.9 Å². The second-order valence-electron chi connectivity index (χ2n) is 10.8. The molecule has 0 spiro atoms. The largest absolute Gasteiger partial charge is 0.496 e. The van der Waals surface area contributed by atoms with Gasteiger partial charge in [-0.25, -0.2) is 0 Å². The molecule has 8 heteroatoms. The van der Waals surface area contributed by atoms with Crippen LogP contribution in [0.5, 0.6) is 5.75 Å². The summed E-state index contributed by atoms with van der Waals surface area (Å²) in [6.45, 7) is 6.31. The predicted octanol–water partition coefficient (Wildman–Crippen LogP) is 4.31. The number of nitrogens with one attached hydrogen (secondary N) is 2. The maximum absolute atomic E-state index is 13.5. The molecule has 0 unspecified atom stereocenters. The zero-order valence-electron chi connectivity index (χ0n) is 22.6. The number of rotatable bonds is 7. The lowest BCUT2D eigenvalue weighted by atomic mass is 9.95. The quantitative estimate of drug-likeness (QED) is 0.487. The van der Waals surface area contributed by atoms with Crippen molar-refractivity contribution < 1.29 is 14.3 Å². The summed E-state index contributed by atoms with van der Waals surface area (Å²) in [5.41, 5.74) is 3.42. The Balaban J connectivity index is 1.31. The molecule has 5 rings (SSSR count). The Hall–Kier alpha value is -3.55. The molecular formula is C30H38N4O4. The molecule has 1 aliphatic heterocycles. The highest BCUT2D eigenvalue weighted by Gasteiger charge is 2.31. The van der Waals surface area contributed by atoms with E-state index < -0.39 is 0 Å². The molecule has 0 atom stereocenters. The number of hydrogen-bond acceptors (Lipinski definition) is 4. The molecule has 0 bridgehead atoms. The van der Waals surface area contributed by atoms with Crippen molar-refractivity contribution in [1.29, 1.82) is 0 Å². The Bertz CT molecular complexity index is 1390. The Kier molecular flexibility index (Phi) is 7.58. The van der Waals surface area contributed by atoms with Gasteiger partial charge in [0, 0.05) is 47.8 Å². The lowest BCUT2D eigenvalue weighted by molar-refractivity contribution is -0.136. The number of nitrogens with zero attached hydrogens (tertiary/aromatic N) is 2. The van der Waals surface area contributed by atoms with Crippen molar-refractivity contribution in [2.45, 2.75) is 65.5 Å². The monoisotopic (exact) mass is 518 g/mol. The summed E-state index contributed by atoms with van der Waals surface area (Å²) in [6, 6.07) is 9.75. The van der Waals surface area contributed by atoms with Crippen LogP contribution in [-0.4, -0.2) is 46.5 Å². The van der Waals surface area contributed by atoms with E-state index in [1.54, 1.807) is 13.0 Å². The molecule has 2 N–H and O–H groups in total. The van der Waals surface area contributed by atoms with Crippen molar-refractivity contribution in [3.05, 3.63) is 63.2 Å². The molecule has 1 aromatic carbocycles. The molecule has 2 aromatic heterocycles. The third kappa shape index (κ3) is 5.08. The van der Waals surface area contributed by atoms with E-state index in [-0.39, 0.29) is 23.9 Å². The highest BCUT2D eigenvalue weighted by molar-refractivity contribution is 6.08. The molecule has 202 valence electrons. The van der Waals surface area contributed by atoms with Crippen molar-refractivity contribution >= 4 is 22.7 Å². The molecule has 1 aliphatic carbocycles. The third-order valence-electron chi connectivity index (χ3n) is 8.40. The van der Waals surface area contributed by atoms with Crippen LogP contribution >= 0.6 is 0 Å². The van der Waals surface area contributed by atoms with Gasteiger partial charge in [-0.3, -0.25) is 14.4 Å². The molecular weight excluding hydrogens is 480 g/mol. The molecule has 3 heterocycles. The van der Waals surface area contributed by atoms with E-state index in [2.05, 4.69) is 25.8 Å². The smallest absolute Gasteiger partial charge is 0.256 e. The van der Waals surface area contributed by atoms with E-state index in [4.69, 9.17) is 4.74 Å². The maximum Gasteiger partial charge on any atom is 0.256 e. The number of H-pyrrole nitrogens is 1. The van der Waals surface area contributed by atoms with Crippen molar-refractivity contribution in [1.82, 2.24) is 19.8 Å². The van der Waals surface area contributed by atoms with Crippen molar-refractivity contribution in [2.75, 3.05) is 20.2 Å². The normalized spacial score (nSPS) is 16.8. The molecule has 0 radical (unpaired) electrons. The number of pyridine rings is 1. The number of aromatic amines is 1. The molecule has 2 aliphatic rings. The number of amides is 2. The van der Waals surface area contributed by atoms with Crippen LogP contribution in [0.3, 0.4) is 0 Å². The fraction of sp³-hybridized carbons (Fsp3) is 0.500. The number of carbonyl (C=O) groups excluding carboxylic acids is 2. The number of aryl methyl sites for hydroxylation is 1. The zero-order valence-corrected chi connectivity index (χ0v) is 22.6. The first-order valence-corrected chi connectivity index (χ1v) is 13.8. The predicted molar refractivity (Wildman–Crippen MR) is 147 cm³/mol. The minimum atomic E-state index is -0.265. The number of para-hydroxylation sites is 1. The van der Waals surface area contributed by atoms with Gasteiger partial charge in [-0.15, -0.1) is 0 Å². The summed E-state index contributed by atoms with van der Waals surface area (Å²) in [5, 5.41) is 3.85. The Labute approximate surface area is 223 Å². The van der Waals surface area contributed by atoms with Crippen molar-refractivity contribution in [3.8, 4) is 5.75 Å². The Morgan fingerprint density at radius 3 is 2.50 bits per heavy atom. The van der Waals surface area contributed by atoms with Crippen molar-refractivity contribution in [3.63, 3.8) is 0 Å². The van der Waals surface area contributed by atoms with Gasteiger partial charge in [-0.2, -0.15) is 0 Å². The lowest BCUT2D eigenvalue weighted by Gasteiger charge is -2.34. The summed E-state index contributed by atoms with van der Waals surface area (Å²) >= 11 is 0. The van der Waals surface area contributed by atoms with Crippen molar-refractivity contribution in [2.24, 2.45) is 11.8 Å². The van der Waals surface area contributed by atoms with E-state index in [1.165, 1.54) is 20.0 Å². The second kappa shape index (κ2) is 11.1. The first-order valence-electron chi connectivity index (χ1n) is 13.8. The van der Waals surface area contributed by atoms with Gasteiger partial charge in [-0.05, 0) is 57.6 Å². The lowest BCUT2D eigenvalue weighted by Crippen LogP contribution is -2.42. The summed E-state index contributed by atoms with van der Waals surface area (Å²) in [7, 11) is 1.52. The minimum absolute atomic E-state index is 0.0735. The van der Waals surface area contributed by atoms with Gasteiger partial charge < -0.3 is 24.5 Å². The fourth-order valence-corrected chi connectivity index (χ4v) is 6.27.